The molecule has 0 spiro atoms. The lowest BCUT2D eigenvalue weighted by Crippen LogP contribution is -2.53. The fourth-order valence-corrected chi connectivity index (χ4v) is 5.23. The first-order chi connectivity index (χ1) is 19.0. The van der Waals surface area contributed by atoms with Crippen molar-refractivity contribution in [3.8, 4) is 0 Å². The van der Waals surface area contributed by atoms with Crippen LogP contribution in [0.4, 0.5) is 17.1 Å². The highest BCUT2D eigenvalue weighted by Crippen LogP contribution is 2.40. The van der Waals surface area contributed by atoms with Crippen molar-refractivity contribution in [3.05, 3.63) is 100 Å². The molecule has 0 aliphatic carbocycles. The average Bonchev–Trinajstić information content (AvgIpc) is 3.14. The molecular formula is C32H37N5O4. The van der Waals surface area contributed by atoms with Gasteiger partial charge in [0.25, 0.3) is 0 Å². The van der Waals surface area contributed by atoms with E-state index in [4.69, 9.17) is 0 Å². The number of para-hydroxylation sites is 1. The van der Waals surface area contributed by atoms with E-state index in [1.165, 1.54) is 0 Å². The van der Waals surface area contributed by atoms with Gasteiger partial charge in [0.2, 0.25) is 0 Å². The molecule has 3 aromatic rings. The van der Waals surface area contributed by atoms with E-state index in [0.717, 1.165) is 36.7 Å². The second-order valence-electron chi connectivity index (χ2n) is 12.8. The number of benzene rings is 3. The molecule has 5 rings (SSSR count). The summed E-state index contributed by atoms with van der Waals surface area (Å²) in [6.07, 6.45) is 0. The molecule has 0 saturated heterocycles. The third-order valence-electron chi connectivity index (χ3n) is 9.58. The molecule has 0 amide bonds. The molecule has 0 atom stereocenters. The molecule has 2 aliphatic heterocycles. The summed E-state index contributed by atoms with van der Waals surface area (Å²) in [6.45, 7) is 14.2. The van der Waals surface area contributed by atoms with Crippen molar-refractivity contribution in [3.63, 3.8) is 0 Å². The Bertz CT molecular complexity index is 1430. The predicted molar refractivity (Wildman–Crippen MR) is 158 cm³/mol. The van der Waals surface area contributed by atoms with Crippen LogP contribution in [0.15, 0.2) is 78.9 Å². The molecule has 0 unspecified atom stereocenters. The van der Waals surface area contributed by atoms with Gasteiger partial charge in [-0.2, -0.15) is 0 Å². The van der Waals surface area contributed by atoms with Gasteiger partial charge in [-0.15, -0.1) is 0 Å². The molecule has 2 radical (unpaired) electrons. The SMILES string of the molecule is CC1(C)N([O])C(c2ccc(N(c3ccccc3)c3ccc(C4=[N+]([O-])C(C)(C)C(C)(C)N4[O])cc3)cc2)=[N+]([O-])C1(C)C. The summed E-state index contributed by atoms with van der Waals surface area (Å²) in [5.74, 6) is 0.178. The molecule has 0 fully saturated rings. The number of hydrogen-bond acceptors (Lipinski definition) is 5. The zero-order chi connectivity index (χ0) is 30.1. The number of rotatable bonds is 5. The van der Waals surface area contributed by atoms with Gasteiger partial charge >= 0.3 is 11.7 Å². The Hall–Kier alpha value is -4.08. The van der Waals surface area contributed by atoms with Gasteiger partial charge in [-0.05, 0) is 116 Å². The first-order valence-corrected chi connectivity index (χ1v) is 13.7. The maximum absolute atomic E-state index is 13.2. The molecule has 0 aromatic heterocycles. The summed E-state index contributed by atoms with van der Waals surface area (Å²) < 4.78 is 1.62. The van der Waals surface area contributed by atoms with Crippen LogP contribution in [0.3, 0.4) is 0 Å². The van der Waals surface area contributed by atoms with E-state index >= 15 is 0 Å². The van der Waals surface area contributed by atoms with E-state index in [1.807, 2.05) is 59.5 Å². The summed E-state index contributed by atoms with van der Waals surface area (Å²) in [5, 5.41) is 54.2. The zero-order valence-electron chi connectivity index (χ0n) is 24.9. The summed E-state index contributed by atoms with van der Waals surface area (Å²) >= 11 is 0. The normalized spacial score (nSPS) is 20.6. The maximum atomic E-state index is 13.2. The van der Waals surface area contributed by atoms with E-state index in [2.05, 4.69) is 0 Å². The van der Waals surface area contributed by atoms with Crippen LogP contribution in [0.5, 0.6) is 0 Å². The van der Waals surface area contributed by atoms with E-state index in [9.17, 15) is 20.8 Å². The zero-order valence-corrected chi connectivity index (χ0v) is 24.9. The van der Waals surface area contributed by atoms with Crippen LogP contribution < -0.4 is 4.90 Å². The van der Waals surface area contributed by atoms with Gasteiger partial charge in [0.15, 0.2) is 11.1 Å². The van der Waals surface area contributed by atoms with Gasteiger partial charge < -0.3 is 15.3 Å². The minimum absolute atomic E-state index is 0.0888. The Morgan fingerprint density at radius 3 is 1.15 bits per heavy atom. The molecule has 3 aromatic carbocycles. The average molecular weight is 556 g/mol. The van der Waals surface area contributed by atoms with Crippen LogP contribution in [0, 0.1) is 10.4 Å². The van der Waals surface area contributed by atoms with Crippen LogP contribution in [0.1, 0.15) is 66.5 Å². The van der Waals surface area contributed by atoms with Gasteiger partial charge in [-0.3, -0.25) is 9.48 Å². The van der Waals surface area contributed by atoms with Crippen LogP contribution in [0.25, 0.3) is 0 Å². The minimum atomic E-state index is -0.901. The van der Waals surface area contributed by atoms with Gasteiger partial charge in [0.05, 0.1) is 11.1 Å². The predicted octanol–water partition coefficient (Wildman–Crippen LogP) is 6.11. The van der Waals surface area contributed by atoms with Gasteiger partial charge in [-0.1, -0.05) is 28.3 Å². The molecule has 2 aliphatic rings. The lowest BCUT2D eigenvalue weighted by Gasteiger charge is -2.32. The van der Waals surface area contributed by atoms with E-state index in [0.29, 0.717) is 11.1 Å². The molecule has 9 nitrogen and oxygen atoms in total. The van der Waals surface area contributed by atoms with Gasteiger partial charge in [0.1, 0.15) is 11.1 Å². The Morgan fingerprint density at radius 1 is 0.537 bits per heavy atom. The molecular weight excluding hydrogens is 518 g/mol. The first-order valence-electron chi connectivity index (χ1n) is 13.7. The van der Waals surface area contributed by atoms with Gasteiger partial charge in [0, 0.05) is 27.5 Å². The molecule has 41 heavy (non-hydrogen) atoms. The number of nitrogens with zero attached hydrogens (tertiary/aromatic N) is 5. The monoisotopic (exact) mass is 555 g/mol. The Balaban J connectivity index is 1.54. The van der Waals surface area contributed by atoms with Crippen molar-refractivity contribution in [2.24, 2.45) is 0 Å². The lowest BCUT2D eigenvalue weighted by molar-refractivity contribution is -0.539. The topological polar surface area (TPSA) is 102 Å². The summed E-state index contributed by atoms with van der Waals surface area (Å²) in [5.41, 5.74) is -0.0132. The summed E-state index contributed by atoms with van der Waals surface area (Å²) in [6, 6.07) is 24.4. The van der Waals surface area contributed by atoms with Crippen molar-refractivity contribution < 1.29 is 19.9 Å². The summed E-state index contributed by atoms with van der Waals surface area (Å²) in [7, 11) is 0. The maximum Gasteiger partial charge on any atom is 0.316 e. The molecule has 2 heterocycles. The van der Waals surface area contributed by atoms with E-state index in [1.54, 1.807) is 79.7 Å². The second-order valence-corrected chi connectivity index (χ2v) is 12.8. The molecule has 0 saturated carbocycles. The molecule has 9 heteroatoms. The van der Waals surface area contributed by atoms with Crippen molar-refractivity contribution in [1.29, 1.82) is 0 Å². The standard InChI is InChI=1S/C32H37N5O4/c1-29(2)30(3,4)35(39)27(34(29)38)22-14-18-25(19-15-22)33(24-12-10-9-11-13-24)26-20-16-23(17-21-26)28-36(40)31(5,6)32(7,8)37(28)41/h9-21H,1-8H3. The molecule has 0 N–H and O–H groups in total. The number of hydroxylamine groups is 6. The number of anilines is 3. The van der Waals surface area contributed by atoms with Crippen LogP contribution in [0.2, 0.25) is 0 Å². The third kappa shape index (κ3) is 3.98. The highest BCUT2D eigenvalue weighted by molar-refractivity contribution is 5.97. The smallest absolute Gasteiger partial charge is 0.316 e. The van der Waals surface area contributed by atoms with Crippen molar-refractivity contribution in [2.45, 2.75) is 77.5 Å². The quantitative estimate of drug-likeness (QED) is 0.279. The second kappa shape index (κ2) is 9.22. The van der Waals surface area contributed by atoms with Crippen molar-refractivity contribution >= 4 is 28.7 Å². The van der Waals surface area contributed by atoms with E-state index in [-0.39, 0.29) is 11.7 Å². The van der Waals surface area contributed by atoms with Crippen LogP contribution in [-0.2, 0) is 10.4 Å². The Morgan fingerprint density at radius 2 is 0.854 bits per heavy atom. The highest BCUT2D eigenvalue weighted by Gasteiger charge is 2.61. The van der Waals surface area contributed by atoms with E-state index < -0.39 is 22.2 Å². The van der Waals surface area contributed by atoms with Crippen LogP contribution in [-0.4, -0.2) is 53.4 Å². The fraction of sp³-hybridized carbons (Fsp3) is 0.375. The number of amidine groups is 2. The molecule has 0 bridgehead atoms. The fourth-order valence-electron chi connectivity index (χ4n) is 5.23. The Kier molecular flexibility index (Phi) is 6.40. The van der Waals surface area contributed by atoms with Gasteiger partial charge in [-0.25, -0.2) is 0 Å². The van der Waals surface area contributed by atoms with Crippen molar-refractivity contribution in [2.75, 3.05) is 4.90 Å². The lowest BCUT2D eigenvalue weighted by atomic mass is 9.84. The minimum Gasteiger partial charge on any atom is -0.714 e. The highest BCUT2D eigenvalue weighted by atomic mass is 16.5. The third-order valence-corrected chi connectivity index (χ3v) is 9.58. The van der Waals surface area contributed by atoms with Crippen molar-refractivity contribution in [1.82, 2.24) is 10.1 Å². The largest absolute Gasteiger partial charge is 0.714 e. The number of hydrogen-bond donors (Lipinski definition) is 0. The summed E-state index contributed by atoms with van der Waals surface area (Å²) in [4.78, 5) is 2.03. The van der Waals surface area contributed by atoms with Crippen LogP contribution >= 0.6 is 0 Å². The Labute approximate surface area is 241 Å². The first kappa shape index (κ1) is 28.4. The molecule has 214 valence electrons.